The van der Waals surface area contributed by atoms with E-state index in [0.717, 1.165) is 5.92 Å². The van der Waals surface area contributed by atoms with Crippen molar-refractivity contribution < 1.29 is 4.74 Å². The second kappa shape index (κ2) is 6.54. The third-order valence-corrected chi connectivity index (χ3v) is 2.82. The number of anilines is 1. The van der Waals surface area contributed by atoms with Crippen molar-refractivity contribution in [2.24, 2.45) is 5.92 Å². The van der Waals surface area contributed by atoms with Gasteiger partial charge in [-0.3, -0.25) is 0 Å². The molecule has 0 unspecified atom stereocenters. The predicted octanol–water partition coefficient (Wildman–Crippen LogP) is 3.10. The quantitative estimate of drug-likeness (QED) is 0.722. The standard InChI is InChI=1S/C12H17N.C2H6O/c1-10-3-5-12(6-4-10)13-8-7-11(2)9-13;1-3-2/h3-6,11H,7-9H2,1-2H3;1-2H3/t11-;/m1./s1. The number of ether oxygens (including phenoxy) is 1. The fourth-order valence-electron chi connectivity index (χ4n) is 1.93. The van der Waals surface area contributed by atoms with E-state index in [-0.39, 0.29) is 0 Å². The Kier molecular flexibility index (Phi) is 5.33. The first kappa shape index (κ1) is 13.0. The summed E-state index contributed by atoms with van der Waals surface area (Å²) >= 11 is 0. The van der Waals surface area contributed by atoms with Gasteiger partial charge in [0.25, 0.3) is 0 Å². The predicted molar refractivity (Wildman–Crippen MR) is 70.1 cm³/mol. The number of hydrogen-bond acceptors (Lipinski definition) is 2. The Morgan fingerprint density at radius 2 is 1.75 bits per heavy atom. The molecule has 1 fully saturated rings. The number of hydrogen-bond donors (Lipinski definition) is 0. The topological polar surface area (TPSA) is 12.5 Å². The highest BCUT2D eigenvalue weighted by Gasteiger charge is 2.18. The fraction of sp³-hybridized carbons (Fsp3) is 0.571. The van der Waals surface area contributed by atoms with Gasteiger partial charge in [0.05, 0.1) is 0 Å². The lowest BCUT2D eigenvalue weighted by molar-refractivity contribution is 0.277. The zero-order chi connectivity index (χ0) is 12.0. The summed E-state index contributed by atoms with van der Waals surface area (Å²) in [5.74, 6) is 0.862. The van der Waals surface area contributed by atoms with Gasteiger partial charge in [-0.15, -0.1) is 0 Å². The van der Waals surface area contributed by atoms with Crippen LogP contribution in [0.15, 0.2) is 24.3 Å². The summed E-state index contributed by atoms with van der Waals surface area (Å²) < 4.78 is 4.25. The van der Waals surface area contributed by atoms with Crippen molar-refractivity contribution in [3.63, 3.8) is 0 Å². The molecule has 0 spiro atoms. The molecular weight excluding hydrogens is 198 g/mol. The third-order valence-electron chi connectivity index (χ3n) is 2.82. The smallest absolute Gasteiger partial charge is 0.0366 e. The van der Waals surface area contributed by atoms with E-state index in [1.807, 2.05) is 0 Å². The van der Waals surface area contributed by atoms with Crippen molar-refractivity contribution >= 4 is 5.69 Å². The van der Waals surface area contributed by atoms with Gasteiger partial charge in [0.15, 0.2) is 0 Å². The number of benzene rings is 1. The van der Waals surface area contributed by atoms with Crippen molar-refractivity contribution in [2.75, 3.05) is 32.2 Å². The fourth-order valence-corrected chi connectivity index (χ4v) is 1.93. The van der Waals surface area contributed by atoms with E-state index < -0.39 is 0 Å². The Hall–Kier alpha value is -1.02. The Bertz CT molecular complexity index is 294. The maximum absolute atomic E-state index is 4.25. The van der Waals surface area contributed by atoms with Crippen molar-refractivity contribution in [2.45, 2.75) is 20.3 Å². The molecule has 0 aromatic heterocycles. The third kappa shape index (κ3) is 3.86. The van der Waals surface area contributed by atoms with Gasteiger partial charge in [0.2, 0.25) is 0 Å². The van der Waals surface area contributed by atoms with Crippen LogP contribution in [-0.2, 0) is 4.74 Å². The molecule has 2 rings (SSSR count). The van der Waals surface area contributed by atoms with Gasteiger partial charge in [-0.25, -0.2) is 0 Å². The summed E-state index contributed by atoms with van der Waals surface area (Å²) in [6.07, 6.45) is 1.34. The maximum Gasteiger partial charge on any atom is 0.0366 e. The van der Waals surface area contributed by atoms with E-state index >= 15 is 0 Å². The van der Waals surface area contributed by atoms with Crippen LogP contribution in [0.5, 0.6) is 0 Å². The van der Waals surface area contributed by atoms with Crippen LogP contribution >= 0.6 is 0 Å². The number of methoxy groups -OCH3 is 1. The van der Waals surface area contributed by atoms with Crippen LogP contribution in [0.25, 0.3) is 0 Å². The summed E-state index contributed by atoms with van der Waals surface area (Å²) in [6.45, 7) is 6.91. The van der Waals surface area contributed by atoms with E-state index in [1.165, 1.54) is 30.8 Å². The number of aryl methyl sites for hydroxylation is 1. The van der Waals surface area contributed by atoms with Crippen molar-refractivity contribution in [3.05, 3.63) is 29.8 Å². The average molecular weight is 221 g/mol. The molecule has 0 N–H and O–H groups in total. The molecule has 90 valence electrons. The Balaban J connectivity index is 0.000000386. The van der Waals surface area contributed by atoms with E-state index in [4.69, 9.17) is 0 Å². The van der Waals surface area contributed by atoms with Crippen molar-refractivity contribution in [1.29, 1.82) is 0 Å². The van der Waals surface area contributed by atoms with Crippen molar-refractivity contribution in [3.8, 4) is 0 Å². The number of rotatable bonds is 1. The van der Waals surface area contributed by atoms with Crippen LogP contribution in [0.4, 0.5) is 5.69 Å². The summed E-state index contributed by atoms with van der Waals surface area (Å²) in [4.78, 5) is 2.48. The van der Waals surface area contributed by atoms with Crippen LogP contribution in [0.2, 0.25) is 0 Å². The lowest BCUT2D eigenvalue weighted by atomic mass is 10.2. The van der Waals surface area contributed by atoms with Crippen molar-refractivity contribution in [1.82, 2.24) is 0 Å². The molecule has 1 aliphatic heterocycles. The SMILES string of the molecule is COC.Cc1ccc(N2CC[C@@H](C)C2)cc1. The Morgan fingerprint density at radius 1 is 1.19 bits per heavy atom. The van der Waals surface area contributed by atoms with E-state index in [1.54, 1.807) is 14.2 Å². The molecule has 16 heavy (non-hydrogen) atoms. The van der Waals surface area contributed by atoms with Crippen LogP contribution in [-0.4, -0.2) is 27.3 Å². The summed E-state index contributed by atoms with van der Waals surface area (Å²) in [7, 11) is 3.25. The normalized spacial score (nSPS) is 19.2. The molecule has 1 saturated heterocycles. The highest BCUT2D eigenvalue weighted by molar-refractivity contribution is 5.48. The summed E-state index contributed by atoms with van der Waals surface area (Å²) in [5, 5.41) is 0. The molecule has 2 nitrogen and oxygen atoms in total. The van der Waals surface area contributed by atoms with Crippen LogP contribution in [0, 0.1) is 12.8 Å². The molecule has 1 aliphatic rings. The molecule has 0 bridgehead atoms. The van der Waals surface area contributed by atoms with Crippen LogP contribution in [0.1, 0.15) is 18.9 Å². The first-order valence-electron chi connectivity index (χ1n) is 5.89. The van der Waals surface area contributed by atoms with E-state index in [9.17, 15) is 0 Å². The molecule has 1 aromatic carbocycles. The molecule has 0 aliphatic carbocycles. The monoisotopic (exact) mass is 221 g/mol. The molecule has 1 aromatic rings. The number of nitrogens with zero attached hydrogens (tertiary/aromatic N) is 1. The molecule has 1 heterocycles. The van der Waals surface area contributed by atoms with E-state index in [2.05, 4.69) is 47.7 Å². The molecule has 2 heteroatoms. The van der Waals surface area contributed by atoms with Gasteiger partial charge in [-0.2, -0.15) is 0 Å². The molecule has 1 atom stereocenters. The van der Waals surface area contributed by atoms with Gasteiger partial charge in [0, 0.05) is 33.0 Å². The Morgan fingerprint density at radius 3 is 2.19 bits per heavy atom. The summed E-state index contributed by atoms with van der Waals surface area (Å²) in [6, 6.07) is 8.84. The first-order valence-corrected chi connectivity index (χ1v) is 5.89. The van der Waals surface area contributed by atoms with Gasteiger partial charge in [0.1, 0.15) is 0 Å². The summed E-state index contributed by atoms with van der Waals surface area (Å²) in [5.41, 5.74) is 2.73. The minimum atomic E-state index is 0.862. The van der Waals surface area contributed by atoms with Crippen LogP contribution in [0.3, 0.4) is 0 Å². The first-order chi connectivity index (χ1) is 7.67. The highest BCUT2D eigenvalue weighted by Crippen LogP contribution is 2.23. The minimum absolute atomic E-state index is 0.862. The van der Waals surface area contributed by atoms with Gasteiger partial charge >= 0.3 is 0 Å². The average Bonchev–Trinajstić information content (AvgIpc) is 2.67. The molecular formula is C14H23NO. The highest BCUT2D eigenvalue weighted by atomic mass is 16.4. The van der Waals surface area contributed by atoms with Gasteiger partial charge in [-0.05, 0) is 31.4 Å². The minimum Gasteiger partial charge on any atom is -0.388 e. The molecule has 0 amide bonds. The van der Waals surface area contributed by atoms with E-state index in [0.29, 0.717) is 0 Å². The zero-order valence-corrected chi connectivity index (χ0v) is 10.9. The second-order valence-corrected chi connectivity index (χ2v) is 4.58. The van der Waals surface area contributed by atoms with Crippen LogP contribution < -0.4 is 4.90 Å². The second-order valence-electron chi connectivity index (χ2n) is 4.58. The lowest BCUT2D eigenvalue weighted by Crippen LogP contribution is -2.18. The van der Waals surface area contributed by atoms with Gasteiger partial charge < -0.3 is 9.64 Å². The maximum atomic E-state index is 4.25. The zero-order valence-electron chi connectivity index (χ0n) is 10.9. The lowest BCUT2D eigenvalue weighted by Gasteiger charge is -2.18. The molecule has 0 saturated carbocycles. The molecule has 0 radical (unpaired) electrons. The van der Waals surface area contributed by atoms with Gasteiger partial charge in [-0.1, -0.05) is 24.6 Å². The Labute approximate surface area is 99.2 Å². The largest absolute Gasteiger partial charge is 0.388 e.